The van der Waals surface area contributed by atoms with Crippen LogP contribution in [-0.2, 0) is 59.7 Å². The third-order valence-electron chi connectivity index (χ3n) is 13.4. The highest BCUT2D eigenvalue weighted by Crippen LogP contribution is 2.32. The largest absolute Gasteiger partial charge is 0.445 e. The van der Waals surface area contributed by atoms with Gasteiger partial charge in [-0.2, -0.15) is 0 Å². The Labute approximate surface area is 459 Å². The maximum atomic E-state index is 13.8. The number of pyridine rings is 1. The number of aromatic nitrogens is 1. The lowest BCUT2D eigenvalue weighted by Gasteiger charge is -2.28. The van der Waals surface area contributed by atoms with E-state index in [2.05, 4.69) is 36.6 Å². The average molecular weight is 1090 g/mol. The van der Waals surface area contributed by atoms with Crippen LogP contribution in [0.5, 0.6) is 0 Å². The first-order chi connectivity index (χ1) is 37.9. The molecule has 3 aliphatic rings. The first-order valence-corrected chi connectivity index (χ1v) is 26.8. The lowest BCUT2D eigenvalue weighted by Crippen LogP contribution is -2.54. The van der Waals surface area contributed by atoms with Crippen molar-refractivity contribution >= 4 is 82.6 Å². The number of carbonyl (C=O) groups is 9. The smallest absolute Gasteiger partial charge is 0.410 e. The van der Waals surface area contributed by atoms with Crippen LogP contribution in [-0.4, -0.2) is 129 Å². The summed E-state index contributed by atoms with van der Waals surface area (Å²) in [6.07, 6.45) is 9.49. The number of aliphatic hydroxyl groups is 1. The van der Waals surface area contributed by atoms with Gasteiger partial charge in [0.2, 0.25) is 23.6 Å². The summed E-state index contributed by atoms with van der Waals surface area (Å²) in [6, 6.07) is 8.64. The SMILES string of the molecule is CCCN(CCC)C(=O)C1=Cc2cc(CO)c(C(=O)Nc3cc4c(cn3)CCN(C(=O)OCc3ccc(NC(=O)[C@H](CCCNC(N)=O)NC(=O)[C@@H](NC(=O)CCCCCN5C(=O)C=CC5=O)C(C)C)cc3)C4)cc2N=C(N)C1. The van der Waals surface area contributed by atoms with Gasteiger partial charge in [-0.15, -0.1) is 0 Å². The first-order valence-electron chi connectivity index (χ1n) is 26.8. The Balaban J connectivity index is 1.01. The van der Waals surface area contributed by atoms with Gasteiger partial charge in [-0.05, 0) is 110 Å². The normalized spacial score (nSPS) is 14.5. The number of nitrogens with one attached hydrogen (secondary N) is 5. The fraction of sp³-hybridized carbons (Fsp3) is 0.446. The number of aliphatic hydroxyl groups excluding tert-OH is 1. The van der Waals surface area contributed by atoms with Crippen molar-refractivity contribution in [3.05, 3.63) is 99.8 Å². The minimum atomic E-state index is -1.07. The van der Waals surface area contributed by atoms with E-state index in [1.807, 2.05) is 13.8 Å². The highest BCUT2D eigenvalue weighted by atomic mass is 16.6. The van der Waals surface area contributed by atoms with Crippen LogP contribution in [0.25, 0.3) is 6.08 Å². The molecule has 3 aliphatic heterocycles. The second kappa shape index (κ2) is 28.8. The standard InChI is InChI=1S/C56H72N12O11/c1-5-21-66(22-6-2)54(76)38-25-37-26-40(32-69)42(29-44(37)62-45(57)27-38)51(73)64-46-28-39-31-67(24-19-36(39)30-60-46)56(78)79-33-35-13-15-41(16-14-35)61-52(74)43(11-10-20-59-55(58)77)63-53(75)50(34(3)4)65-47(70)12-8-7-9-23-68-48(71)17-18-49(68)72/h13-18,25-26,28-30,34,43,50,69H,5-12,19-24,27,31-33H2,1-4H3,(H2,57,62)(H,61,74)(H,63,75)(H,65,70)(H3,58,59,77)(H,60,64,73)/t43-,50-/m0/s1. The number of carbonyl (C=O) groups excluding carboxylic acids is 9. The van der Waals surface area contributed by atoms with Crippen molar-refractivity contribution in [1.82, 2.24) is 35.6 Å². The van der Waals surface area contributed by atoms with Crippen molar-refractivity contribution in [2.45, 2.75) is 124 Å². The van der Waals surface area contributed by atoms with Gasteiger partial charge in [0.05, 0.1) is 12.3 Å². The molecular formula is C56H72N12O11. The van der Waals surface area contributed by atoms with Crippen molar-refractivity contribution in [1.29, 1.82) is 0 Å². The molecule has 6 rings (SSSR count). The monoisotopic (exact) mass is 1090 g/mol. The van der Waals surface area contributed by atoms with Gasteiger partial charge in [0.1, 0.15) is 30.3 Å². The van der Waals surface area contributed by atoms with Gasteiger partial charge >= 0.3 is 12.1 Å². The predicted octanol–water partition coefficient (Wildman–Crippen LogP) is 4.44. The van der Waals surface area contributed by atoms with Crippen LogP contribution in [0.1, 0.15) is 124 Å². The van der Waals surface area contributed by atoms with E-state index < -0.39 is 48.5 Å². The van der Waals surface area contributed by atoms with E-state index in [0.717, 1.165) is 28.9 Å². The summed E-state index contributed by atoms with van der Waals surface area (Å²) in [4.78, 5) is 129. The summed E-state index contributed by atoms with van der Waals surface area (Å²) < 4.78 is 5.68. The summed E-state index contributed by atoms with van der Waals surface area (Å²) >= 11 is 0. The molecule has 23 heteroatoms. The van der Waals surface area contributed by atoms with Crippen LogP contribution < -0.4 is 38.1 Å². The molecule has 0 saturated heterocycles. The molecular weight excluding hydrogens is 1020 g/mol. The van der Waals surface area contributed by atoms with Crippen molar-refractivity contribution in [2.75, 3.05) is 43.4 Å². The van der Waals surface area contributed by atoms with E-state index in [0.29, 0.717) is 79.0 Å². The number of imide groups is 1. The number of aliphatic imine (C=N–C) groups is 1. The van der Waals surface area contributed by atoms with Gasteiger partial charge in [0.15, 0.2) is 0 Å². The minimum Gasteiger partial charge on any atom is -0.445 e. The number of rotatable bonds is 26. The quantitative estimate of drug-likeness (QED) is 0.0408. The van der Waals surface area contributed by atoms with Gasteiger partial charge < -0.3 is 57.7 Å². The molecule has 0 fully saturated rings. The Hall–Kier alpha value is -8.47. The molecule has 79 heavy (non-hydrogen) atoms. The van der Waals surface area contributed by atoms with E-state index in [9.17, 15) is 48.3 Å². The zero-order valence-corrected chi connectivity index (χ0v) is 45.2. The summed E-state index contributed by atoms with van der Waals surface area (Å²) in [5.41, 5.74) is 16.0. The van der Waals surface area contributed by atoms with Crippen molar-refractivity contribution in [3.63, 3.8) is 0 Å². The van der Waals surface area contributed by atoms with Crippen molar-refractivity contribution < 1.29 is 53.0 Å². The third-order valence-corrected chi connectivity index (χ3v) is 13.4. The van der Waals surface area contributed by atoms with E-state index in [4.69, 9.17) is 16.2 Å². The van der Waals surface area contributed by atoms with Gasteiger partial charge in [0.25, 0.3) is 17.7 Å². The Kier molecular flexibility index (Phi) is 21.8. The fourth-order valence-electron chi connectivity index (χ4n) is 9.24. The molecule has 23 nitrogen and oxygen atoms in total. The molecule has 3 aromatic rings. The number of nitrogens with two attached hydrogens (primary N) is 2. The number of anilines is 2. The van der Waals surface area contributed by atoms with Crippen molar-refractivity contribution in [2.24, 2.45) is 22.4 Å². The summed E-state index contributed by atoms with van der Waals surface area (Å²) in [6.45, 7) is 9.09. The van der Waals surface area contributed by atoms with Crippen LogP contribution in [0.15, 0.2) is 71.4 Å². The van der Waals surface area contributed by atoms with Crippen molar-refractivity contribution in [3.8, 4) is 0 Å². The number of nitrogens with zero attached hydrogens (tertiary/aromatic N) is 5. The lowest BCUT2D eigenvalue weighted by molar-refractivity contribution is -0.137. The summed E-state index contributed by atoms with van der Waals surface area (Å²) in [5, 5.41) is 24.0. The number of benzene rings is 2. The molecule has 0 bridgehead atoms. The maximum Gasteiger partial charge on any atom is 0.410 e. The number of urea groups is 1. The van der Waals surface area contributed by atoms with Gasteiger partial charge in [-0.3, -0.25) is 38.5 Å². The van der Waals surface area contributed by atoms with Gasteiger partial charge in [0, 0.05) is 92.8 Å². The number of fused-ring (bicyclic) bond motifs is 2. The van der Waals surface area contributed by atoms with Crippen LogP contribution in [0.3, 0.4) is 0 Å². The molecule has 0 spiro atoms. The molecule has 10 amide bonds. The maximum absolute atomic E-state index is 13.8. The number of hydrogen-bond donors (Lipinski definition) is 8. The highest BCUT2D eigenvalue weighted by molar-refractivity contribution is 6.13. The molecule has 10 N–H and O–H groups in total. The first kappa shape index (κ1) is 59.8. The fourth-order valence-corrected chi connectivity index (χ4v) is 9.24. The molecule has 0 aliphatic carbocycles. The second-order valence-corrected chi connectivity index (χ2v) is 19.9. The predicted molar refractivity (Wildman–Crippen MR) is 295 cm³/mol. The van der Waals surface area contributed by atoms with Crippen LogP contribution >= 0.6 is 0 Å². The zero-order valence-electron chi connectivity index (χ0n) is 45.2. The molecule has 422 valence electrons. The minimum absolute atomic E-state index is 0.0898. The second-order valence-electron chi connectivity index (χ2n) is 19.9. The topological polar surface area (TPSA) is 330 Å². The number of ether oxygens (including phenoxy) is 1. The highest BCUT2D eigenvalue weighted by Gasteiger charge is 2.30. The van der Waals surface area contributed by atoms with E-state index in [-0.39, 0.29) is 98.7 Å². The van der Waals surface area contributed by atoms with Gasteiger partial charge in [-0.25, -0.2) is 19.6 Å². The number of amides is 10. The number of amidine groups is 1. The summed E-state index contributed by atoms with van der Waals surface area (Å²) in [7, 11) is 0. The van der Waals surface area contributed by atoms with E-state index in [1.165, 1.54) is 23.1 Å². The number of primary amides is 1. The number of hydrogen-bond acceptors (Lipinski definition) is 14. The Bertz CT molecular complexity index is 2840. The zero-order chi connectivity index (χ0) is 57.2. The molecule has 0 radical (unpaired) electrons. The summed E-state index contributed by atoms with van der Waals surface area (Å²) in [5.74, 6) is -2.84. The number of unbranched alkanes of at least 4 members (excludes halogenated alkanes) is 2. The van der Waals surface area contributed by atoms with E-state index in [1.54, 1.807) is 67.4 Å². The molecule has 0 saturated carbocycles. The molecule has 4 heterocycles. The van der Waals surface area contributed by atoms with Crippen LogP contribution in [0.4, 0.5) is 26.8 Å². The molecule has 2 aromatic carbocycles. The van der Waals surface area contributed by atoms with Crippen LogP contribution in [0.2, 0.25) is 0 Å². The lowest BCUT2D eigenvalue weighted by atomic mass is 9.99. The Morgan fingerprint density at radius 3 is 2.27 bits per heavy atom. The van der Waals surface area contributed by atoms with E-state index >= 15 is 0 Å². The van der Waals surface area contributed by atoms with Crippen LogP contribution in [0, 0.1) is 5.92 Å². The van der Waals surface area contributed by atoms with Gasteiger partial charge in [-0.1, -0.05) is 46.2 Å². The Morgan fingerprint density at radius 1 is 0.873 bits per heavy atom. The Morgan fingerprint density at radius 2 is 1.59 bits per heavy atom. The third kappa shape index (κ3) is 17.0. The molecule has 0 unspecified atom stereocenters. The average Bonchev–Trinajstić information content (AvgIpc) is 3.66. The molecule has 2 atom stereocenters. The molecule has 1 aromatic heterocycles.